The van der Waals surface area contributed by atoms with Crippen LogP contribution in [-0.4, -0.2) is 21.0 Å². The van der Waals surface area contributed by atoms with Gasteiger partial charge in [-0.1, -0.05) is 12.1 Å². The molecule has 0 unspecified atom stereocenters. The quantitative estimate of drug-likeness (QED) is 0.343. The highest BCUT2D eigenvalue weighted by Crippen LogP contribution is 2.34. The lowest BCUT2D eigenvalue weighted by atomic mass is 10.1. The summed E-state index contributed by atoms with van der Waals surface area (Å²) in [6, 6.07) is 8.52. The van der Waals surface area contributed by atoms with Gasteiger partial charge < -0.3 is 14.3 Å². The molecule has 0 spiro atoms. The summed E-state index contributed by atoms with van der Waals surface area (Å²) in [6.45, 7) is 3.89. The number of benzene rings is 2. The molecule has 2 aromatic heterocycles. The number of ether oxygens (including phenoxy) is 1. The molecule has 0 aliphatic heterocycles. The minimum Gasteiger partial charge on any atom is -0.486 e. The average molecular weight is 476 g/mol. The highest BCUT2D eigenvalue weighted by atomic mass is 32.1. The number of aliphatic carboxylic acids is 1. The van der Waals surface area contributed by atoms with Crippen LogP contribution in [0.1, 0.15) is 34.0 Å². The monoisotopic (exact) mass is 476 g/mol. The summed E-state index contributed by atoms with van der Waals surface area (Å²) >= 11 is 1.34. The van der Waals surface area contributed by atoms with Crippen molar-refractivity contribution in [3.8, 4) is 16.3 Å². The number of aromatic nitrogens is 2. The van der Waals surface area contributed by atoms with Gasteiger partial charge in [0.2, 0.25) is 0 Å². The van der Waals surface area contributed by atoms with Gasteiger partial charge in [0.25, 0.3) is 0 Å². The normalized spacial score (nSPS) is 11.8. The molecule has 0 bridgehead atoms. The Morgan fingerprint density at radius 3 is 2.55 bits per heavy atom. The van der Waals surface area contributed by atoms with Crippen LogP contribution in [0.2, 0.25) is 0 Å². The zero-order valence-corrected chi connectivity index (χ0v) is 18.5. The van der Waals surface area contributed by atoms with E-state index in [1.807, 2.05) is 19.9 Å². The second-order valence-corrected chi connectivity index (χ2v) is 8.59. The number of rotatable bonds is 7. The summed E-state index contributed by atoms with van der Waals surface area (Å²) in [5, 5.41) is 9.47. The summed E-state index contributed by atoms with van der Waals surface area (Å²) in [7, 11) is 0. The van der Waals surface area contributed by atoms with E-state index in [0.29, 0.717) is 33.3 Å². The van der Waals surface area contributed by atoms with Crippen LogP contribution in [0.5, 0.6) is 5.75 Å². The second-order valence-electron chi connectivity index (χ2n) is 7.50. The zero-order valence-electron chi connectivity index (χ0n) is 17.7. The van der Waals surface area contributed by atoms with Crippen LogP contribution in [0.25, 0.3) is 21.7 Å². The number of carbonyl (C=O) groups is 1. The maximum absolute atomic E-state index is 12.8. The zero-order chi connectivity index (χ0) is 23.8. The van der Waals surface area contributed by atoms with Gasteiger partial charge in [-0.3, -0.25) is 4.79 Å². The van der Waals surface area contributed by atoms with E-state index < -0.39 is 17.7 Å². The number of nitrogens with zero attached hydrogens (tertiary/aromatic N) is 2. The molecule has 0 aliphatic carbocycles. The van der Waals surface area contributed by atoms with E-state index in [-0.39, 0.29) is 19.4 Å². The third-order valence-corrected chi connectivity index (χ3v) is 6.09. The average Bonchev–Trinajstić information content (AvgIpc) is 3.33. The van der Waals surface area contributed by atoms with Crippen LogP contribution < -0.4 is 4.74 Å². The van der Waals surface area contributed by atoms with E-state index in [0.717, 1.165) is 28.3 Å². The summed E-state index contributed by atoms with van der Waals surface area (Å²) in [5.74, 6) is -0.116. The topological polar surface area (TPSA) is 85.5 Å². The van der Waals surface area contributed by atoms with Gasteiger partial charge in [-0.15, -0.1) is 11.3 Å². The van der Waals surface area contributed by atoms with Crippen molar-refractivity contribution in [1.82, 2.24) is 9.97 Å². The minimum absolute atomic E-state index is 0.0885. The van der Waals surface area contributed by atoms with E-state index >= 15 is 0 Å². The standard InChI is InChI=1S/C23H19F3N2O4S/c1-12-9-16(21-17(10-12)32-19(28-21)7-8-20(29)30)31-11-18-13(2)27-22(33-18)14-3-5-15(6-4-14)23(24,25)26/h3-6,9-10H,7-8,11H2,1-2H3,(H,29,30). The molecule has 2 aromatic carbocycles. The van der Waals surface area contributed by atoms with Gasteiger partial charge in [0.15, 0.2) is 17.0 Å². The summed E-state index contributed by atoms with van der Waals surface area (Å²) in [5.41, 5.74) is 2.52. The fraction of sp³-hybridized carbons (Fsp3) is 0.261. The highest BCUT2D eigenvalue weighted by Gasteiger charge is 2.30. The molecular weight excluding hydrogens is 457 g/mol. The maximum atomic E-state index is 12.8. The Morgan fingerprint density at radius 1 is 1.15 bits per heavy atom. The van der Waals surface area contributed by atoms with E-state index in [2.05, 4.69) is 9.97 Å². The minimum atomic E-state index is -4.38. The number of carboxylic acids is 1. The van der Waals surface area contributed by atoms with Crippen LogP contribution in [-0.2, 0) is 24.0 Å². The summed E-state index contributed by atoms with van der Waals surface area (Å²) in [4.78, 5) is 20.5. The molecule has 4 aromatic rings. The fourth-order valence-electron chi connectivity index (χ4n) is 3.24. The third-order valence-electron chi connectivity index (χ3n) is 4.91. The molecular formula is C23H19F3N2O4S. The van der Waals surface area contributed by atoms with Crippen molar-refractivity contribution < 1.29 is 32.2 Å². The molecule has 0 amide bonds. The van der Waals surface area contributed by atoms with Gasteiger partial charge in [0, 0.05) is 12.0 Å². The predicted molar refractivity (Wildman–Crippen MR) is 116 cm³/mol. The third kappa shape index (κ3) is 5.16. The Bertz CT molecular complexity index is 1310. The molecule has 0 aliphatic rings. The first kappa shape index (κ1) is 22.8. The molecule has 4 rings (SSSR count). The van der Waals surface area contributed by atoms with Gasteiger partial charge in [0.05, 0.1) is 22.6 Å². The van der Waals surface area contributed by atoms with Crippen molar-refractivity contribution in [2.24, 2.45) is 0 Å². The Balaban J connectivity index is 1.54. The molecule has 33 heavy (non-hydrogen) atoms. The Labute approximate surface area is 190 Å². The number of alkyl halides is 3. The Kier molecular flexibility index (Phi) is 6.11. The van der Waals surface area contributed by atoms with Crippen LogP contribution in [0, 0.1) is 13.8 Å². The fourth-order valence-corrected chi connectivity index (χ4v) is 4.22. The van der Waals surface area contributed by atoms with E-state index in [1.54, 1.807) is 6.07 Å². The van der Waals surface area contributed by atoms with Gasteiger partial charge in [0.1, 0.15) is 17.4 Å². The predicted octanol–water partition coefficient (Wildman–Crippen LogP) is 6.18. The van der Waals surface area contributed by atoms with Crippen LogP contribution in [0.4, 0.5) is 13.2 Å². The summed E-state index contributed by atoms with van der Waals surface area (Å²) < 4.78 is 50.1. The first-order chi connectivity index (χ1) is 15.6. The number of hydrogen-bond donors (Lipinski definition) is 1. The molecule has 0 saturated heterocycles. The van der Waals surface area contributed by atoms with E-state index in [1.165, 1.54) is 23.5 Å². The lowest BCUT2D eigenvalue weighted by molar-refractivity contribution is -0.138. The largest absolute Gasteiger partial charge is 0.486 e. The lowest BCUT2D eigenvalue weighted by Gasteiger charge is -2.07. The molecule has 0 saturated carbocycles. The number of hydrogen-bond acceptors (Lipinski definition) is 6. The number of oxazole rings is 1. The van der Waals surface area contributed by atoms with Crippen molar-refractivity contribution in [1.29, 1.82) is 0 Å². The van der Waals surface area contributed by atoms with E-state index in [4.69, 9.17) is 14.3 Å². The molecule has 2 heterocycles. The van der Waals surface area contributed by atoms with Crippen molar-refractivity contribution in [3.05, 3.63) is 64.0 Å². The van der Waals surface area contributed by atoms with Crippen molar-refractivity contribution in [2.75, 3.05) is 0 Å². The van der Waals surface area contributed by atoms with Crippen LogP contribution in [0.3, 0.4) is 0 Å². The smallest absolute Gasteiger partial charge is 0.416 e. The van der Waals surface area contributed by atoms with Crippen LogP contribution in [0.15, 0.2) is 40.8 Å². The first-order valence-corrected chi connectivity index (χ1v) is 10.8. The number of aryl methyl sites for hydroxylation is 3. The van der Waals surface area contributed by atoms with Crippen molar-refractivity contribution in [2.45, 2.75) is 39.5 Å². The number of halogens is 3. The molecule has 10 heteroatoms. The van der Waals surface area contributed by atoms with Gasteiger partial charge in [-0.25, -0.2) is 9.97 Å². The molecule has 0 radical (unpaired) electrons. The number of fused-ring (bicyclic) bond motifs is 1. The summed E-state index contributed by atoms with van der Waals surface area (Å²) in [6.07, 6.45) is -4.30. The van der Waals surface area contributed by atoms with Crippen LogP contribution >= 0.6 is 11.3 Å². The highest BCUT2D eigenvalue weighted by molar-refractivity contribution is 7.15. The molecule has 1 N–H and O–H groups in total. The maximum Gasteiger partial charge on any atom is 0.416 e. The van der Waals surface area contributed by atoms with Gasteiger partial charge >= 0.3 is 12.1 Å². The molecule has 6 nitrogen and oxygen atoms in total. The second kappa shape index (κ2) is 8.86. The van der Waals surface area contributed by atoms with Gasteiger partial charge in [-0.2, -0.15) is 13.2 Å². The number of thiazole rings is 1. The SMILES string of the molecule is Cc1cc(OCc2sc(-c3ccc(C(F)(F)F)cc3)nc2C)c2nc(CCC(=O)O)oc2c1. The van der Waals surface area contributed by atoms with Crippen molar-refractivity contribution >= 4 is 28.4 Å². The molecule has 0 atom stereocenters. The first-order valence-electron chi connectivity index (χ1n) is 9.99. The number of carboxylic acid groups (broad SMARTS) is 1. The van der Waals surface area contributed by atoms with E-state index in [9.17, 15) is 18.0 Å². The molecule has 0 fully saturated rings. The molecule has 172 valence electrons. The Hall–Kier alpha value is -3.40. The lowest BCUT2D eigenvalue weighted by Crippen LogP contribution is -2.03. The Morgan fingerprint density at radius 2 is 1.88 bits per heavy atom. The van der Waals surface area contributed by atoms with Crippen molar-refractivity contribution in [3.63, 3.8) is 0 Å². The van der Waals surface area contributed by atoms with Gasteiger partial charge in [-0.05, 0) is 43.7 Å².